The number of hydrazine groups is 1. The standard InChI is InChI=1S/C29H33F2N5O3/c1-18(37)25-16-22(12-13-33-25)39-21-10-11-24(23(31)15-21)34-27(38)35-26(17-29(5,6)28(2,3)4)36(32)20-9-7-8-19(30)14-20/h7-17H,32H2,1-6H3,(H2,34,35,38)/b26-17-. The second kappa shape index (κ2) is 11.6. The van der Waals surface area contributed by atoms with Crippen molar-refractivity contribution in [2.45, 2.75) is 41.5 Å². The Hall–Kier alpha value is -4.31. The van der Waals surface area contributed by atoms with Gasteiger partial charge in [-0.1, -0.05) is 40.7 Å². The van der Waals surface area contributed by atoms with Gasteiger partial charge in [-0.2, -0.15) is 0 Å². The Morgan fingerprint density at radius 2 is 1.69 bits per heavy atom. The normalized spacial score (nSPS) is 12.1. The van der Waals surface area contributed by atoms with E-state index in [1.807, 2.05) is 34.6 Å². The second-order valence-electron chi connectivity index (χ2n) is 10.6. The number of urea groups is 1. The van der Waals surface area contributed by atoms with Gasteiger partial charge in [0.2, 0.25) is 0 Å². The Morgan fingerprint density at radius 3 is 2.31 bits per heavy atom. The molecule has 0 fully saturated rings. The molecule has 0 radical (unpaired) electrons. The van der Waals surface area contributed by atoms with E-state index in [1.54, 1.807) is 12.1 Å². The van der Waals surface area contributed by atoms with E-state index < -0.39 is 23.1 Å². The molecule has 0 atom stereocenters. The first-order valence-corrected chi connectivity index (χ1v) is 12.2. The summed E-state index contributed by atoms with van der Waals surface area (Å²) in [5, 5.41) is 6.29. The molecule has 3 rings (SSSR count). The fourth-order valence-corrected chi connectivity index (χ4v) is 3.22. The minimum atomic E-state index is -0.759. The van der Waals surface area contributed by atoms with Crippen molar-refractivity contribution in [1.82, 2.24) is 10.3 Å². The molecule has 2 amide bonds. The monoisotopic (exact) mass is 537 g/mol. The third-order valence-corrected chi connectivity index (χ3v) is 6.53. The molecule has 2 aromatic carbocycles. The van der Waals surface area contributed by atoms with Gasteiger partial charge < -0.3 is 10.1 Å². The molecule has 0 aliphatic heterocycles. The van der Waals surface area contributed by atoms with E-state index in [0.717, 1.165) is 11.1 Å². The molecular formula is C29H33F2N5O3. The second-order valence-corrected chi connectivity index (χ2v) is 10.6. The molecule has 4 N–H and O–H groups in total. The average Bonchev–Trinajstić information content (AvgIpc) is 2.84. The third kappa shape index (κ3) is 7.61. The van der Waals surface area contributed by atoms with Crippen LogP contribution in [0.1, 0.15) is 52.0 Å². The van der Waals surface area contributed by atoms with E-state index in [4.69, 9.17) is 10.6 Å². The molecule has 39 heavy (non-hydrogen) atoms. The Morgan fingerprint density at radius 1 is 1.00 bits per heavy atom. The van der Waals surface area contributed by atoms with Crippen molar-refractivity contribution in [3.63, 3.8) is 0 Å². The number of ether oxygens (including phenoxy) is 1. The van der Waals surface area contributed by atoms with Crippen LogP contribution in [-0.4, -0.2) is 16.8 Å². The van der Waals surface area contributed by atoms with E-state index in [0.29, 0.717) is 11.4 Å². The number of halogens is 2. The number of benzene rings is 2. The third-order valence-electron chi connectivity index (χ3n) is 6.53. The molecule has 1 heterocycles. The summed E-state index contributed by atoms with van der Waals surface area (Å²) in [7, 11) is 0. The topological polar surface area (TPSA) is 110 Å². The van der Waals surface area contributed by atoms with Gasteiger partial charge in [0.1, 0.15) is 34.6 Å². The number of anilines is 2. The first-order valence-electron chi connectivity index (χ1n) is 12.2. The maximum absolute atomic E-state index is 14.9. The lowest BCUT2D eigenvalue weighted by molar-refractivity contribution is 0.101. The van der Waals surface area contributed by atoms with Gasteiger partial charge in [-0.3, -0.25) is 20.1 Å². The van der Waals surface area contributed by atoms with Crippen LogP contribution in [0.5, 0.6) is 11.5 Å². The van der Waals surface area contributed by atoms with E-state index in [1.165, 1.54) is 55.6 Å². The summed E-state index contributed by atoms with van der Waals surface area (Å²) in [4.78, 5) is 28.4. The first-order chi connectivity index (χ1) is 18.2. The molecule has 0 saturated heterocycles. The number of allylic oxidation sites excluding steroid dienone is 1. The smallest absolute Gasteiger partial charge is 0.324 e. The maximum Gasteiger partial charge on any atom is 0.324 e. The zero-order valence-corrected chi connectivity index (χ0v) is 22.8. The lowest BCUT2D eigenvalue weighted by Gasteiger charge is -2.38. The molecule has 0 unspecified atom stereocenters. The van der Waals surface area contributed by atoms with Crippen molar-refractivity contribution in [2.24, 2.45) is 16.7 Å². The number of nitrogens with two attached hydrogens (primary N) is 1. The minimum absolute atomic E-state index is 0.109. The summed E-state index contributed by atoms with van der Waals surface area (Å²) in [5.74, 6) is 5.47. The van der Waals surface area contributed by atoms with Crippen LogP contribution in [0, 0.1) is 22.5 Å². The minimum Gasteiger partial charge on any atom is -0.457 e. The molecule has 0 bridgehead atoms. The van der Waals surface area contributed by atoms with E-state index in [2.05, 4.69) is 15.6 Å². The van der Waals surface area contributed by atoms with Crippen LogP contribution < -0.4 is 26.2 Å². The van der Waals surface area contributed by atoms with Gasteiger partial charge in [0.05, 0.1) is 11.4 Å². The van der Waals surface area contributed by atoms with Gasteiger partial charge in [0.25, 0.3) is 0 Å². The number of hydrogen-bond acceptors (Lipinski definition) is 6. The van der Waals surface area contributed by atoms with Crippen LogP contribution in [-0.2, 0) is 0 Å². The van der Waals surface area contributed by atoms with Crippen LogP contribution in [0.4, 0.5) is 25.0 Å². The molecule has 0 aliphatic carbocycles. The van der Waals surface area contributed by atoms with E-state index in [9.17, 15) is 18.4 Å². The van der Waals surface area contributed by atoms with Crippen molar-refractivity contribution in [2.75, 3.05) is 10.3 Å². The summed E-state index contributed by atoms with van der Waals surface area (Å²) in [5.41, 5.74) is -0.263. The number of ketones is 1. The lowest BCUT2D eigenvalue weighted by Crippen LogP contribution is -2.43. The molecule has 206 valence electrons. The number of amides is 2. The van der Waals surface area contributed by atoms with Crippen LogP contribution in [0.25, 0.3) is 0 Å². The van der Waals surface area contributed by atoms with E-state index >= 15 is 0 Å². The van der Waals surface area contributed by atoms with Crippen LogP contribution in [0.2, 0.25) is 0 Å². The van der Waals surface area contributed by atoms with Gasteiger partial charge in [0, 0.05) is 25.3 Å². The van der Waals surface area contributed by atoms with Crippen molar-refractivity contribution < 1.29 is 23.1 Å². The largest absolute Gasteiger partial charge is 0.457 e. The SMILES string of the molecule is CC(=O)c1cc(Oc2ccc(NC(=O)N/C(=C/C(C)(C)C(C)(C)C)N(N)c3cccc(F)c3)c(F)c2)ccn1. The van der Waals surface area contributed by atoms with Crippen molar-refractivity contribution in [3.05, 3.63) is 90.0 Å². The molecule has 10 heteroatoms. The summed E-state index contributed by atoms with van der Waals surface area (Å²) < 4.78 is 34.4. The summed E-state index contributed by atoms with van der Waals surface area (Å²) in [6, 6.07) is 11.8. The van der Waals surface area contributed by atoms with Crippen LogP contribution in [0.15, 0.2) is 72.7 Å². The number of Topliss-reactive ketones (excluding diaryl/α,β-unsaturated/α-hetero) is 1. The molecule has 1 aromatic heterocycles. The zero-order valence-electron chi connectivity index (χ0n) is 22.8. The fourth-order valence-electron chi connectivity index (χ4n) is 3.22. The first kappa shape index (κ1) is 29.2. The highest BCUT2D eigenvalue weighted by Crippen LogP contribution is 2.40. The predicted molar refractivity (Wildman–Crippen MR) is 147 cm³/mol. The molecule has 0 spiro atoms. The van der Waals surface area contributed by atoms with Gasteiger partial charge in [-0.15, -0.1) is 0 Å². The Kier molecular flexibility index (Phi) is 8.71. The summed E-state index contributed by atoms with van der Waals surface area (Å²) >= 11 is 0. The highest BCUT2D eigenvalue weighted by molar-refractivity contribution is 5.92. The zero-order chi connectivity index (χ0) is 29.0. The predicted octanol–water partition coefficient (Wildman–Crippen LogP) is 6.77. The number of hydrogen-bond donors (Lipinski definition) is 3. The number of carbonyl (C=O) groups is 2. The average molecular weight is 538 g/mol. The van der Waals surface area contributed by atoms with Gasteiger partial charge >= 0.3 is 6.03 Å². The highest BCUT2D eigenvalue weighted by atomic mass is 19.1. The van der Waals surface area contributed by atoms with Crippen LogP contribution in [0.3, 0.4) is 0 Å². The molecular weight excluding hydrogens is 504 g/mol. The number of rotatable bonds is 8. The molecule has 0 saturated carbocycles. The highest BCUT2D eigenvalue weighted by Gasteiger charge is 2.32. The Labute approximate surface area is 226 Å². The quantitative estimate of drug-likeness (QED) is 0.166. The fraction of sp³-hybridized carbons (Fsp3) is 0.276. The molecule has 0 aliphatic rings. The van der Waals surface area contributed by atoms with Gasteiger partial charge in [0.15, 0.2) is 5.78 Å². The summed E-state index contributed by atoms with van der Waals surface area (Å²) in [6.07, 6.45) is 3.19. The van der Waals surface area contributed by atoms with Crippen molar-refractivity contribution >= 4 is 23.2 Å². The number of nitrogens with one attached hydrogen (secondary N) is 2. The van der Waals surface area contributed by atoms with Gasteiger partial charge in [-0.05, 0) is 53.3 Å². The lowest BCUT2D eigenvalue weighted by atomic mass is 9.69. The maximum atomic E-state index is 14.9. The number of pyridine rings is 1. The number of aromatic nitrogens is 1. The number of carbonyl (C=O) groups excluding carboxylic acids is 2. The Balaban J connectivity index is 1.81. The van der Waals surface area contributed by atoms with Crippen molar-refractivity contribution in [3.8, 4) is 11.5 Å². The molecule has 3 aromatic rings. The van der Waals surface area contributed by atoms with Gasteiger partial charge in [-0.25, -0.2) is 19.4 Å². The van der Waals surface area contributed by atoms with Crippen LogP contribution >= 0.6 is 0 Å². The molecule has 8 nitrogen and oxygen atoms in total. The summed E-state index contributed by atoms with van der Waals surface area (Å²) in [6.45, 7) is 11.4. The van der Waals surface area contributed by atoms with Crippen molar-refractivity contribution in [1.29, 1.82) is 0 Å². The Bertz CT molecular complexity index is 1400. The number of nitrogens with zero attached hydrogens (tertiary/aromatic N) is 2. The van der Waals surface area contributed by atoms with E-state index in [-0.39, 0.29) is 34.2 Å².